The van der Waals surface area contributed by atoms with Gasteiger partial charge in [0.25, 0.3) is 5.91 Å². The van der Waals surface area contributed by atoms with Crippen molar-refractivity contribution >= 4 is 21.8 Å². The number of amides is 1. The van der Waals surface area contributed by atoms with E-state index in [1.807, 2.05) is 0 Å². The van der Waals surface area contributed by atoms with Crippen LogP contribution >= 0.6 is 15.9 Å². The van der Waals surface area contributed by atoms with Crippen molar-refractivity contribution in [3.05, 3.63) is 28.2 Å². The number of hydrogen-bond acceptors (Lipinski definition) is 3. The van der Waals surface area contributed by atoms with E-state index in [0.29, 0.717) is 10.2 Å². The zero-order valence-electron chi connectivity index (χ0n) is 9.07. The predicted molar refractivity (Wildman–Crippen MR) is 67.4 cm³/mol. The molecule has 1 aromatic rings. The number of hydrogen-bond donors (Lipinski definition) is 2. The smallest absolute Gasteiger partial charge is 0.258 e. The number of halogens is 1. The second kappa shape index (κ2) is 6.94. The minimum absolute atomic E-state index is 0.0401. The van der Waals surface area contributed by atoms with E-state index < -0.39 is 0 Å². The highest BCUT2D eigenvalue weighted by atomic mass is 79.9. The van der Waals surface area contributed by atoms with Crippen molar-refractivity contribution in [2.24, 2.45) is 0 Å². The van der Waals surface area contributed by atoms with Crippen LogP contribution in [0.1, 0.15) is 5.56 Å². The van der Waals surface area contributed by atoms with Crippen LogP contribution in [0.3, 0.4) is 0 Å². The van der Waals surface area contributed by atoms with E-state index in [9.17, 15) is 4.79 Å². The Morgan fingerprint density at radius 1 is 1.59 bits per heavy atom. The fourth-order valence-electron chi connectivity index (χ4n) is 1.10. The summed E-state index contributed by atoms with van der Waals surface area (Å²) in [7, 11) is 0. The number of benzene rings is 1. The number of aliphatic hydroxyl groups is 1. The van der Waals surface area contributed by atoms with E-state index >= 15 is 0 Å². The molecule has 0 aliphatic carbocycles. The minimum Gasteiger partial charge on any atom is -0.483 e. The third-order valence-electron chi connectivity index (χ3n) is 1.93. The van der Waals surface area contributed by atoms with Gasteiger partial charge >= 0.3 is 0 Å². The van der Waals surface area contributed by atoms with Gasteiger partial charge in [-0.15, -0.1) is 6.42 Å². The molecule has 0 saturated heterocycles. The molecule has 0 aliphatic heterocycles. The number of carbonyl (C=O) groups excluding carboxylic acids is 1. The van der Waals surface area contributed by atoms with Gasteiger partial charge in [0, 0.05) is 0 Å². The topological polar surface area (TPSA) is 58.6 Å². The highest BCUT2D eigenvalue weighted by molar-refractivity contribution is 9.10. The molecule has 5 heteroatoms. The molecule has 0 aliphatic rings. The Kier molecular flexibility index (Phi) is 5.53. The van der Waals surface area contributed by atoms with Gasteiger partial charge in [-0.1, -0.05) is 12.0 Å². The van der Waals surface area contributed by atoms with Crippen molar-refractivity contribution in [3.8, 4) is 18.1 Å². The average molecular weight is 298 g/mol. The van der Waals surface area contributed by atoms with Crippen molar-refractivity contribution < 1.29 is 14.6 Å². The molecule has 0 heterocycles. The average Bonchev–Trinajstić information content (AvgIpc) is 2.34. The molecular weight excluding hydrogens is 286 g/mol. The molecule has 0 atom stereocenters. The lowest BCUT2D eigenvalue weighted by molar-refractivity contribution is -0.122. The number of nitrogens with one attached hydrogen (secondary N) is 1. The van der Waals surface area contributed by atoms with Gasteiger partial charge < -0.3 is 15.2 Å². The highest BCUT2D eigenvalue weighted by Gasteiger charge is 2.05. The van der Waals surface area contributed by atoms with Gasteiger partial charge in [0.05, 0.1) is 17.6 Å². The largest absolute Gasteiger partial charge is 0.483 e. The van der Waals surface area contributed by atoms with Crippen LogP contribution in [0, 0.1) is 12.3 Å². The lowest BCUT2D eigenvalue weighted by Crippen LogP contribution is -2.29. The molecule has 0 unspecified atom stereocenters. The number of ether oxygens (including phenoxy) is 1. The van der Waals surface area contributed by atoms with Gasteiger partial charge in [0.2, 0.25) is 0 Å². The van der Waals surface area contributed by atoms with E-state index in [1.54, 1.807) is 18.2 Å². The lowest BCUT2D eigenvalue weighted by atomic mass is 10.2. The van der Waals surface area contributed by atoms with Crippen LogP contribution in [0.15, 0.2) is 22.7 Å². The fraction of sp³-hybridized carbons (Fsp3) is 0.250. The van der Waals surface area contributed by atoms with E-state index in [4.69, 9.17) is 16.3 Å². The molecule has 2 N–H and O–H groups in total. The number of aliphatic hydroxyl groups excluding tert-OH is 1. The molecule has 17 heavy (non-hydrogen) atoms. The van der Waals surface area contributed by atoms with Gasteiger partial charge in [0.15, 0.2) is 6.61 Å². The molecule has 0 saturated carbocycles. The highest BCUT2D eigenvalue weighted by Crippen LogP contribution is 2.25. The van der Waals surface area contributed by atoms with Crippen molar-refractivity contribution in [3.63, 3.8) is 0 Å². The molecule has 90 valence electrons. The van der Waals surface area contributed by atoms with Crippen LogP contribution in [-0.4, -0.2) is 24.2 Å². The van der Waals surface area contributed by atoms with E-state index in [2.05, 4.69) is 27.2 Å². The Morgan fingerprint density at radius 2 is 2.35 bits per heavy atom. The van der Waals surface area contributed by atoms with E-state index in [1.165, 1.54) is 0 Å². The first-order valence-corrected chi connectivity index (χ1v) is 5.69. The molecular formula is C12H12BrNO3. The van der Waals surface area contributed by atoms with Gasteiger partial charge in [-0.25, -0.2) is 0 Å². The Labute approximate surface area is 108 Å². The molecule has 1 amide bonds. The Hall–Kier alpha value is -1.51. The van der Waals surface area contributed by atoms with Crippen LogP contribution in [0.4, 0.5) is 0 Å². The summed E-state index contributed by atoms with van der Waals surface area (Å²) in [5, 5.41) is 11.4. The standard InChI is InChI=1S/C12H12BrNO3/c1-2-5-14-12(16)8-17-11-4-3-9(7-15)6-10(11)13/h1,3-4,6,15H,5,7-8H2,(H,14,16). The second-order valence-electron chi connectivity index (χ2n) is 3.19. The van der Waals surface area contributed by atoms with Crippen LogP contribution in [0.2, 0.25) is 0 Å². The first-order valence-electron chi connectivity index (χ1n) is 4.89. The lowest BCUT2D eigenvalue weighted by Gasteiger charge is -2.08. The molecule has 1 rings (SSSR count). The normalized spacial score (nSPS) is 9.47. The maximum Gasteiger partial charge on any atom is 0.258 e. The summed E-state index contributed by atoms with van der Waals surface area (Å²) in [4.78, 5) is 11.2. The van der Waals surface area contributed by atoms with Crippen molar-refractivity contribution in [2.75, 3.05) is 13.2 Å². The SMILES string of the molecule is C#CCNC(=O)COc1ccc(CO)cc1Br. The van der Waals surface area contributed by atoms with Crippen molar-refractivity contribution in [1.82, 2.24) is 5.32 Å². The minimum atomic E-state index is -0.277. The van der Waals surface area contributed by atoms with Crippen LogP contribution in [0.5, 0.6) is 5.75 Å². The van der Waals surface area contributed by atoms with Gasteiger partial charge in [0.1, 0.15) is 5.75 Å². The summed E-state index contributed by atoms with van der Waals surface area (Å²) >= 11 is 3.29. The Balaban J connectivity index is 2.52. The predicted octanol–water partition coefficient (Wildman–Crippen LogP) is 1.07. The van der Waals surface area contributed by atoms with Crippen LogP contribution < -0.4 is 10.1 Å². The van der Waals surface area contributed by atoms with Crippen molar-refractivity contribution in [2.45, 2.75) is 6.61 Å². The molecule has 4 nitrogen and oxygen atoms in total. The zero-order chi connectivity index (χ0) is 12.7. The van der Waals surface area contributed by atoms with Gasteiger partial charge in [-0.3, -0.25) is 4.79 Å². The van der Waals surface area contributed by atoms with E-state index in [0.717, 1.165) is 5.56 Å². The molecule has 0 aromatic heterocycles. The maximum atomic E-state index is 11.2. The maximum absolute atomic E-state index is 11.2. The fourth-order valence-corrected chi connectivity index (χ4v) is 1.64. The van der Waals surface area contributed by atoms with Crippen LogP contribution in [-0.2, 0) is 11.4 Å². The number of carbonyl (C=O) groups is 1. The third kappa shape index (κ3) is 4.47. The molecule has 0 radical (unpaired) electrons. The summed E-state index contributed by atoms with van der Waals surface area (Å²) in [6.45, 7) is 0.0487. The first-order chi connectivity index (χ1) is 8.17. The molecule has 0 bridgehead atoms. The first kappa shape index (κ1) is 13.6. The zero-order valence-corrected chi connectivity index (χ0v) is 10.7. The van der Waals surface area contributed by atoms with Gasteiger partial charge in [-0.05, 0) is 33.6 Å². The van der Waals surface area contributed by atoms with Gasteiger partial charge in [-0.2, -0.15) is 0 Å². The Bertz CT molecular complexity index is 440. The third-order valence-corrected chi connectivity index (χ3v) is 2.54. The molecule has 1 aromatic carbocycles. The van der Waals surface area contributed by atoms with E-state index in [-0.39, 0.29) is 25.7 Å². The van der Waals surface area contributed by atoms with Crippen molar-refractivity contribution in [1.29, 1.82) is 0 Å². The summed E-state index contributed by atoms with van der Waals surface area (Å²) in [5.74, 6) is 2.56. The summed E-state index contributed by atoms with van der Waals surface area (Å²) < 4.78 is 5.97. The second-order valence-corrected chi connectivity index (χ2v) is 4.05. The molecule has 0 fully saturated rings. The quantitative estimate of drug-likeness (QED) is 0.800. The summed E-state index contributed by atoms with van der Waals surface area (Å²) in [6, 6.07) is 5.14. The Morgan fingerprint density at radius 3 is 2.94 bits per heavy atom. The summed E-state index contributed by atoms with van der Waals surface area (Å²) in [5.41, 5.74) is 0.765. The molecule has 0 spiro atoms. The van der Waals surface area contributed by atoms with Crippen LogP contribution in [0.25, 0.3) is 0 Å². The monoisotopic (exact) mass is 297 g/mol. The number of rotatable bonds is 5. The summed E-state index contributed by atoms with van der Waals surface area (Å²) in [6.07, 6.45) is 5.00. The number of terminal acetylenes is 1.